The Bertz CT molecular complexity index is 390. The zero-order valence-corrected chi connectivity index (χ0v) is 13.7. The summed E-state index contributed by atoms with van der Waals surface area (Å²) in [4.78, 5) is 2.44. The van der Waals surface area contributed by atoms with Crippen LogP contribution in [-0.2, 0) is 0 Å². The zero-order valence-electron chi connectivity index (χ0n) is 12.0. The third kappa shape index (κ3) is 4.79. The Morgan fingerprint density at radius 3 is 2.75 bits per heavy atom. The van der Waals surface area contributed by atoms with Crippen molar-refractivity contribution < 1.29 is 4.74 Å². The van der Waals surface area contributed by atoms with Crippen LogP contribution < -0.4 is 15.8 Å². The van der Waals surface area contributed by atoms with Gasteiger partial charge in [0.05, 0.1) is 13.2 Å². The largest absolute Gasteiger partial charge is 0.496 e. The van der Waals surface area contributed by atoms with Gasteiger partial charge in [-0.05, 0) is 13.0 Å². The Hall–Kier alpha value is -0.520. The molecule has 4 nitrogen and oxygen atoms in total. The van der Waals surface area contributed by atoms with Crippen molar-refractivity contribution in [1.29, 1.82) is 0 Å². The van der Waals surface area contributed by atoms with Crippen LogP contribution in [0.2, 0.25) is 0 Å². The van der Waals surface area contributed by atoms with E-state index >= 15 is 0 Å². The molecule has 0 spiro atoms. The van der Waals surface area contributed by atoms with E-state index in [-0.39, 0.29) is 30.9 Å². The second kappa shape index (κ2) is 9.42. The van der Waals surface area contributed by atoms with E-state index in [4.69, 9.17) is 10.5 Å². The Kier molecular flexibility index (Phi) is 9.18. The maximum atomic E-state index is 5.94. The predicted molar refractivity (Wildman–Crippen MR) is 88.3 cm³/mol. The van der Waals surface area contributed by atoms with Gasteiger partial charge in [-0.2, -0.15) is 0 Å². The number of halogens is 2. The number of piperazine rings is 1. The molecule has 0 radical (unpaired) electrons. The molecule has 1 saturated heterocycles. The molecule has 0 saturated carbocycles. The second-order valence-corrected chi connectivity index (χ2v) is 4.93. The average molecular weight is 322 g/mol. The third-order valence-corrected chi connectivity index (χ3v) is 3.37. The summed E-state index contributed by atoms with van der Waals surface area (Å²) in [6.07, 6.45) is 0. The monoisotopic (exact) mass is 321 g/mol. The molecular formula is C14H25Cl2N3O. The summed E-state index contributed by atoms with van der Waals surface area (Å²) in [6.45, 7) is 5.99. The lowest BCUT2D eigenvalue weighted by Gasteiger charge is -2.37. The van der Waals surface area contributed by atoms with Crippen molar-refractivity contribution in [2.24, 2.45) is 5.73 Å². The van der Waals surface area contributed by atoms with Crippen LogP contribution in [0, 0.1) is 0 Å². The number of nitrogens with two attached hydrogens (primary N) is 1. The van der Waals surface area contributed by atoms with Gasteiger partial charge in [-0.3, -0.25) is 4.90 Å². The summed E-state index contributed by atoms with van der Waals surface area (Å²) in [6, 6.07) is 8.78. The van der Waals surface area contributed by atoms with Gasteiger partial charge in [-0.15, -0.1) is 24.8 Å². The Morgan fingerprint density at radius 2 is 2.10 bits per heavy atom. The van der Waals surface area contributed by atoms with Crippen molar-refractivity contribution in [2.75, 3.05) is 33.3 Å². The summed E-state index contributed by atoms with van der Waals surface area (Å²) in [7, 11) is 1.73. The molecule has 0 bridgehead atoms. The van der Waals surface area contributed by atoms with Crippen molar-refractivity contribution in [3.8, 4) is 5.75 Å². The van der Waals surface area contributed by atoms with E-state index in [1.54, 1.807) is 7.11 Å². The summed E-state index contributed by atoms with van der Waals surface area (Å²) in [5, 5.41) is 3.45. The predicted octanol–water partition coefficient (Wildman–Crippen LogP) is 1.83. The van der Waals surface area contributed by atoms with Crippen molar-refractivity contribution >= 4 is 24.8 Å². The molecule has 1 heterocycles. The minimum atomic E-state index is 0. The summed E-state index contributed by atoms with van der Waals surface area (Å²) in [5.74, 6) is 0.959. The van der Waals surface area contributed by atoms with Crippen LogP contribution in [0.1, 0.15) is 18.5 Å². The summed E-state index contributed by atoms with van der Waals surface area (Å²) < 4.78 is 5.47. The molecule has 2 unspecified atom stereocenters. The number of hydrogen-bond acceptors (Lipinski definition) is 4. The van der Waals surface area contributed by atoms with Crippen LogP contribution in [0.5, 0.6) is 5.75 Å². The molecule has 1 fully saturated rings. The fraction of sp³-hybridized carbons (Fsp3) is 0.571. The van der Waals surface area contributed by atoms with E-state index in [1.807, 2.05) is 12.1 Å². The van der Waals surface area contributed by atoms with Crippen LogP contribution in [-0.4, -0.2) is 44.2 Å². The first-order valence-electron chi connectivity index (χ1n) is 6.55. The number of nitrogens with zero attached hydrogens (tertiary/aromatic N) is 1. The topological polar surface area (TPSA) is 50.5 Å². The van der Waals surface area contributed by atoms with Crippen molar-refractivity contribution in [2.45, 2.75) is 19.0 Å². The number of methoxy groups -OCH3 is 1. The van der Waals surface area contributed by atoms with E-state index < -0.39 is 0 Å². The van der Waals surface area contributed by atoms with E-state index in [0.29, 0.717) is 6.04 Å². The molecule has 116 valence electrons. The minimum Gasteiger partial charge on any atom is -0.496 e. The quantitative estimate of drug-likeness (QED) is 0.888. The highest BCUT2D eigenvalue weighted by molar-refractivity contribution is 5.85. The second-order valence-electron chi connectivity index (χ2n) is 4.93. The molecule has 2 atom stereocenters. The fourth-order valence-corrected chi connectivity index (χ4v) is 2.58. The number of ether oxygens (including phenoxy) is 1. The number of para-hydroxylation sites is 1. The molecule has 2 rings (SSSR count). The van der Waals surface area contributed by atoms with Crippen molar-refractivity contribution in [3.63, 3.8) is 0 Å². The van der Waals surface area contributed by atoms with Crippen LogP contribution >= 0.6 is 24.8 Å². The van der Waals surface area contributed by atoms with Crippen LogP contribution in [0.3, 0.4) is 0 Å². The Labute approximate surface area is 133 Å². The first-order chi connectivity index (χ1) is 8.72. The van der Waals surface area contributed by atoms with Gasteiger partial charge in [0.25, 0.3) is 0 Å². The number of hydrogen-bond donors (Lipinski definition) is 2. The lowest BCUT2D eigenvalue weighted by Crippen LogP contribution is -2.49. The van der Waals surface area contributed by atoms with E-state index in [9.17, 15) is 0 Å². The zero-order chi connectivity index (χ0) is 13.0. The molecule has 1 aromatic carbocycles. The average Bonchev–Trinajstić information content (AvgIpc) is 2.39. The van der Waals surface area contributed by atoms with E-state index in [2.05, 4.69) is 29.3 Å². The van der Waals surface area contributed by atoms with Gasteiger partial charge in [-0.1, -0.05) is 18.2 Å². The van der Waals surface area contributed by atoms with E-state index in [1.165, 1.54) is 5.56 Å². The van der Waals surface area contributed by atoms with Gasteiger partial charge in [-0.25, -0.2) is 0 Å². The van der Waals surface area contributed by atoms with Gasteiger partial charge in [0.1, 0.15) is 5.75 Å². The standard InChI is InChI=1S/C14H23N3O.2ClH/c1-11(15)10-17-8-7-16-9-13(17)12-5-3-4-6-14(12)18-2;;/h3-6,11,13,16H,7-10,15H2,1-2H3;2*1H. The van der Waals surface area contributed by atoms with Gasteiger partial charge in [0, 0.05) is 37.8 Å². The highest BCUT2D eigenvalue weighted by Crippen LogP contribution is 2.29. The highest BCUT2D eigenvalue weighted by atomic mass is 35.5. The van der Waals surface area contributed by atoms with Crippen molar-refractivity contribution in [3.05, 3.63) is 29.8 Å². The third-order valence-electron chi connectivity index (χ3n) is 3.37. The van der Waals surface area contributed by atoms with Crippen molar-refractivity contribution in [1.82, 2.24) is 10.2 Å². The lowest BCUT2D eigenvalue weighted by molar-refractivity contribution is 0.152. The molecule has 0 aliphatic carbocycles. The van der Waals surface area contributed by atoms with Crippen LogP contribution in [0.15, 0.2) is 24.3 Å². The molecule has 6 heteroatoms. The number of rotatable bonds is 4. The molecule has 1 aliphatic heterocycles. The fourth-order valence-electron chi connectivity index (χ4n) is 2.58. The SMILES string of the molecule is COc1ccccc1C1CNCCN1CC(C)N.Cl.Cl. The molecule has 1 aromatic rings. The van der Waals surface area contributed by atoms with E-state index in [0.717, 1.165) is 31.9 Å². The maximum absolute atomic E-state index is 5.94. The lowest BCUT2D eigenvalue weighted by atomic mass is 10.0. The minimum absolute atomic E-state index is 0. The molecule has 1 aliphatic rings. The normalized spacial score (nSPS) is 20.4. The van der Waals surface area contributed by atoms with Crippen LogP contribution in [0.25, 0.3) is 0 Å². The summed E-state index contributed by atoms with van der Waals surface area (Å²) >= 11 is 0. The smallest absolute Gasteiger partial charge is 0.123 e. The molecule has 3 N–H and O–H groups in total. The first kappa shape index (κ1) is 19.5. The first-order valence-corrected chi connectivity index (χ1v) is 6.55. The highest BCUT2D eigenvalue weighted by Gasteiger charge is 2.26. The summed E-state index contributed by atoms with van der Waals surface area (Å²) in [5.41, 5.74) is 7.18. The van der Waals surface area contributed by atoms with Gasteiger partial charge < -0.3 is 15.8 Å². The maximum Gasteiger partial charge on any atom is 0.123 e. The molecule has 0 aromatic heterocycles. The van der Waals surface area contributed by atoms with Crippen LogP contribution in [0.4, 0.5) is 0 Å². The van der Waals surface area contributed by atoms with Gasteiger partial charge >= 0.3 is 0 Å². The van der Waals surface area contributed by atoms with Gasteiger partial charge in [0.2, 0.25) is 0 Å². The Morgan fingerprint density at radius 1 is 1.40 bits per heavy atom. The Balaban J connectivity index is 0.00000180. The molecule has 20 heavy (non-hydrogen) atoms. The molecule has 0 amide bonds. The number of benzene rings is 1. The van der Waals surface area contributed by atoms with Gasteiger partial charge in [0.15, 0.2) is 0 Å². The number of nitrogens with one attached hydrogen (secondary N) is 1. The molecular weight excluding hydrogens is 297 g/mol.